The van der Waals surface area contributed by atoms with Gasteiger partial charge in [0.25, 0.3) is 0 Å². The minimum absolute atomic E-state index is 0.0843. The molecule has 170 valence electrons. The van der Waals surface area contributed by atoms with E-state index in [-0.39, 0.29) is 30.8 Å². The van der Waals surface area contributed by atoms with E-state index in [0.717, 1.165) is 9.87 Å². The Labute approximate surface area is 190 Å². The SMILES string of the molecule is C#CCN(CC#CCCCC(CC#C)(C(=O)OC)C(=O)OC)S(=O)(=O)c1ccc(C)cc1. The number of benzene rings is 1. The molecule has 0 amide bonds. The molecular weight excluding hydrogens is 430 g/mol. The predicted octanol–water partition coefficient (Wildman–Crippen LogP) is 2.15. The zero-order valence-corrected chi connectivity index (χ0v) is 19.3. The number of hydrogen-bond donors (Lipinski definition) is 0. The van der Waals surface area contributed by atoms with Crippen LogP contribution in [0.2, 0.25) is 0 Å². The molecule has 7 nitrogen and oxygen atoms in total. The number of aryl methyl sites for hydroxylation is 1. The fraction of sp³-hybridized carbons (Fsp3) is 0.417. The van der Waals surface area contributed by atoms with E-state index < -0.39 is 27.4 Å². The molecular formula is C24H27NO6S. The molecule has 0 fully saturated rings. The molecule has 0 aliphatic rings. The number of ether oxygens (including phenoxy) is 2. The molecule has 0 bridgehead atoms. The van der Waals surface area contributed by atoms with Gasteiger partial charge in [-0.05, 0) is 31.9 Å². The Morgan fingerprint density at radius 1 is 1.00 bits per heavy atom. The summed E-state index contributed by atoms with van der Waals surface area (Å²) in [5.41, 5.74) is -0.656. The molecule has 0 saturated heterocycles. The van der Waals surface area contributed by atoms with Crippen LogP contribution in [0.25, 0.3) is 0 Å². The van der Waals surface area contributed by atoms with Crippen LogP contribution in [0.15, 0.2) is 29.2 Å². The molecule has 0 aliphatic heterocycles. The standard InChI is InChI=1S/C24H27NO6S/c1-6-16-24(22(26)30-4,23(27)31-5)17-10-8-9-11-19-25(18-7-2)32(28,29)21-14-12-20(3)13-15-21/h1-2,12-15H,8,10,16-19H2,3-5H3. The zero-order chi connectivity index (χ0) is 24.2. The molecule has 0 atom stereocenters. The number of carbonyl (C=O) groups excluding carboxylic acids is 2. The maximum atomic E-state index is 12.8. The van der Waals surface area contributed by atoms with E-state index in [0.29, 0.717) is 12.8 Å². The van der Waals surface area contributed by atoms with Gasteiger partial charge in [-0.25, -0.2) is 8.42 Å². The number of rotatable bonds is 10. The van der Waals surface area contributed by atoms with Crippen molar-refractivity contribution in [1.29, 1.82) is 0 Å². The van der Waals surface area contributed by atoms with Crippen molar-refractivity contribution in [2.45, 2.75) is 37.5 Å². The smallest absolute Gasteiger partial charge is 0.324 e. The van der Waals surface area contributed by atoms with Crippen LogP contribution in [0.4, 0.5) is 0 Å². The van der Waals surface area contributed by atoms with Crippen LogP contribution in [-0.2, 0) is 29.1 Å². The van der Waals surface area contributed by atoms with E-state index >= 15 is 0 Å². The Kier molecular flexibility index (Phi) is 10.5. The number of sulfonamides is 1. The fourth-order valence-corrected chi connectivity index (χ4v) is 4.24. The predicted molar refractivity (Wildman–Crippen MR) is 120 cm³/mol. The number of carbonyl (C=O) groups is 2. The lowest BCUT2D eigenvalue weighted by Gasteiger charge is -2.25. The maximum absolute atomic E-state index is 12.8. The van der Waals surface area contributed by atoms with Crippen LogP contribution in [0, 0.1) is 48.9 Å². The highest BCUT2D eigenvalue weighted by Gasteiger charge is 2.47. The lowest BCUT2D eigenvalue weighted by Crippen LogP contribution is -2.41. The summed E-state index contributed by atoms with van der Waals surface area (Å²) in [5, 5.41) is 0. The molecule has 0 unspecified atom stereocenters. The van der Waals surface area contributed by atoms with Gasteiger partial charge in [0.2, 0.25) is 10.0 Å². The summed E-state index contributed by atoms with van der Waals surface area (Å²) in [6, 6.07) is 6.45. The molecule has 1 aromatic carbocycles. The second kappa shape index (κ2) is 12.6. The molecule has 0 aromatic heterocycles. The van der Waals surface area contributed by atoms with Crippen molar-refractivity contribution >= 4 is 22.0 Å². The highest BCUT2D eigenvalue weighted by atomic mass is 32.2. The van der Waals surface area contributed by atoms with Crippen molar-refractivity contribution in [3.05, 3.63) is 29.8 Å². The van der Waals surface area contributed by atoms with Gasteiger partial charge in [-0.15, -0.1) is 24.7 Å². The van der Waals surface area contributed by atoms with Gasteiger partial charge >= 0.3 is 11.9 Å². The van der Waals surface area contributed by atoms with Crippen LogP contribution in [-0.4, -0.2) is 52.0 Å². The normalized spacial score (nSPS) is 10.9. The fourth-order valence-electron chi connectivity index (χ4n) is 2.98. The van der Waals surface area contributed by atoms with Crippen LogP contribution in [0.1, 0.15) is 31.2 Å². The summed E-state index contributed by atoms with van der Waals surface area (Å²) >= 11 is 0. The van der Waals surface area contributed by atoms with Gasteiger partial charge in [-0.1, -0.05) is 29.5 Å². The van der Waals surface area contributed by atoms with E-state index in [1.807, 2.05) is 6.92 Å². The molecule has 8 heteroatoms. The Balaban J connectivity index is 2.87. The first-order valence-electron chi connectivity index (χ1n) is 9.76. The number of unbranched alkanes of at least 4 members (excludes halogenated alkanes) is 1. The minimum atomic E-state index is -3.79. The van der Waals surface area contributed by atoms with Gasteiger partial charge in [0, 0.05) is 12.8 Å². The number of terminal acetylenes is 2. The van der Waals surface area contributed by atoms with Crippen LogP contribution in [0.5, 0.6) is 0 Å². The molecule has 1 aromatic rings. The average molecular weight is 458 g/mol. The molecule has 32 heavy (non-hydrogen) atoms. The van der Waals surface area contributed by atoms with E-state index in [2.05, 4.69) is 23.7 Å². The number of nitrogens with zero attached hydrogens (tertiary/aromatic N) is 1. The van der Waals surface area contributed by atoms with Gasteiger partial charge < -0.3 is 9.47 Å². The maximum Gasteiger partial charge on any atom is 0.324 e. The molecule has 0 heterocycles. The van der Waals surface area contributed by atoms with Crippen molar-refractivity contribution in [3.8, 4) is 36.5 Å². The first-order valence-corrected chi connectivity index (χ1v) is 11.2. The Bertz CT molecular complexity index is 1030. The lowest BCUT2D eigenvalue weighted by molar-refractivity contribution is -0.169. The molecule has 1 rings (SSSR count). The monoisotopic (exact) mass is 457 g/mol. The highest BCUT2D eigenvalue weighted by Crippen LogP contribution is 2.32. The summed E-state index contributed by atoms with van der Waals surface area (Å²) in [6.45, 7) is 1.64. The second-order valence-corrected chi connectivity index (χ2v) is 8.88. The molecule has 0 saturated carbocycles. The quantitative estimate of drug-likeness (QED) is 0.231. The summed E-state index contributed by atoms with van der Waals surface area (Å²) in [4.78, 5) is 24.6. The first kappa shape index (κ1) is 26.8. The van der Waals surface area contributed by atoms with Crippen LogP contribution < -0.4 is 0 Å². The highest BCUT2D eigenvalue weighted by molar-refractivity contribution is 7.89. The Hall–Kier alpha value is -3.25. The van der Waals surface area contributed by atoms with Crippen LogP contribution >= 0.6 is 0 Å². The van der Waals surface area contributed by atoms with E-state index in [4.69, 9.17) is 22.3 Å². The third kappa shape index (κ3) is 6.62. The largest absolute Gasteiger partial charge is 0.468 e. The van der Waals surface area contributed by atoms with Crippen LogP contribution in [0.3, 0.4) is 0 Å². The van der Waals surface area contributed by atoms with Gasteiger partial charge in [-0.2, -0.15) is 4.31 Å². The van der Waals surface area contributed by atoms with E-state index in [1.54, 1.807) is 12.1 Å². The van der Waals surface area contributed by atoms with Crippen molar-refractivity contribution in [1.82, 2.24) is 4.31 Å². The van der Waals surface area contributed by atoms with Gasteiger partial charge in [0.15, 0.2) is 5.41 Å². The molecule has 0 spiro atoms. The van der Waals surface area contributed by atoms with Crippen molar-refractivity contribution in [2.24, 2.45) is 5.41 Å². The molecule has 0 aliphatic carbocycles. The third-order valence-electron chi connectivity index (χ3n) is 4.77. The van der Waals surface area contributed by atoms with E-state index in [1.165, 1.54) is 26.4 Å². The average Bonchev–Trinajstić information content (AvgIpc) is 2.78. The number of methoxy groups -OCH3 is 2. The van der Waals surface area contributed by atoms with Crippen molar-refractivity contribution in [3.63, 3.8) is 0 Å². The second-order valence-electron chi connectivity index (χ2n) is 6.94. The summed E-state index contributed by atoms with van der Waals surface area (Å²) in [7, 11) is -1.45. The first-order chi connectivity index (χ1) is 15.2. The Morgan fingerprint density at radius 3 is 2.09 bits per heavy atom. The third-order valence-corrected chi connectivity index (χ3v) is 6.57. The number of hydrogen-bond acceptors (Lipinski definition) is 6. The number of esters is 2. The molecule has 0 N–H and O–H groups in total. The molecule has 0 radical (unpaired) electrons. The van der Waals surface area contributed by atoms with Gasteiger partial charge in [-0.3, -0.25) is 9.59 Å². The minimum Gasteiger partial charge on any atom is -0.468 e. The van der Waals surface area contributed by atoms with Gasteiger partial charge in [0.1, 0.15) is 0 Å². The zero-order valence-electron chi connectivity index (χ0n) is 18.5. The summed E-state index contributed by atoms with van der Waals surface area (Å²) in [5.74, 6) is 8.78. The summed E-state index contributed by atoms with van der Waals surface area (Å²) in [6.07, 6.45) is 11.2. The van der Waals surface area contributed by atoms with E-state index in [9.17, 15) is 18.0 Å². The van der Waals surface area contributed by atoms with Gasteiger partial charge in [0.05, 0.1) is 32.2 Å². The van der Waals surface area contributed by atoms with Crippen molar-refractivity contribution in [2.75, 3.05) is 27.3 Å². The Morgan fingerprint density at radius 2 is 1.59 bits per heavy atom. The van der Waals surface area contributed by atoms with Crippen molar-refractivity contribution < 1.29 is 27.5 Å². The summed E-state index contributed by atoms with van der Waals surface area (Å²) < 4.78 is 36.2. The topological polar surface area (TPSA) is 90.0 Å². The lowest BCUT2D eigenvalue weighted by atomic mass is 9.79.